The van der Waals surface area contributed by atoms with Crippen molar-refractivity contribution in [1.29, 1.82) is 0 Å². The second-order valence-electron chi connectivity index (χ2n) is 5.02. The van der Waals surface area contributed by atoms with Crippen LogP contribution in [0.4, 0.5) is 0 Å². The highest BCUT2D eigenvalue weighted by Crippen LogP contribution is 2.14. The van der Waals surface area contributed by atoms with Gasteiger partial charge in [0.1, 0.15) is 5.75 Å². The normalized spacial score (nSPS) is 11.5. The molecule has 0 atom stereocenters. The van der Waals surface area contributed by atoms with Gasteiger partial charge in [-0.05, 0) is 23.1 Å². The van der Waals surface area contributed by atoms with Crippen molar-refractivity contribution in [3.05, 3.63) is 29.8 Å². The van der Waals surface area contributed by atoms with Gasteiger partial charge < -0.3 is 10.1 Å². The zero-order valence-electron chi connectivity index (χ0n) is 10.1. The molecule has 1 aromatic rings. The van der Waals surface area contributed by atoms with Gasteiger partial charge in [0, 0.05) is 13.1 Å². The number of hydrogen-bond acceptors (Lipinski definition) is 2. The maximum Gasteiger partial charge on any atom is 0.119 e. The summed E-state index contributed by atoms with van der Waals surface area (Å²) in [6.07, 6.45) is 0. The molecule has 0 fully saturated rings. The minimum atomic E-state index is 0.332. The smallest absolute Gasteiger partial charge is 0.119 e. The first kappa shape index (κ1) is 12.1. The molecule has 0 amide bonds. The van der Waals surface area contributed by atoms with Crippen LogP contribution in [0.5, 0.6) is 5.75 Å². The lowest BCUT2D eigenvalue weighted by Crippen LogP contribution is -2.26. The third-order valence-corrected chi connectivity index (χ3v) is 2.12. The molecular weight excluding hydrogens is 186 g/mol. The molecule has 0 unspecified atom stereocenters. The maximum absolute atomic E-state index is 5.17. The van der Waals surface area contributed by atoms with E-state index in [4.69, 9.17) is 4.74 Å². The zero-order chi connectivity index (χ0) is 11.3. The zero-order valence-corrected chi connectivity index (χ0v) is 10.1. The number of hydrogen-bond donors (Lipinski definition) is 1. The van der Waals surface area contributed by atoms with Crippen LogP contribution in [0.3, 0.4) is 0 Å². The van der Waals surface area contributed by atoms with Crippen LogP contribution < -0.4 is 10.1 Å². The summed E-state index contributed by atoms with van der Waals surface area (Å²) >= 11 is 0. The van der Waals surface area contributed by atoms with E-state index in [1.54, 1.807) is 7.11 Å². The van der Waals surface area contributed by atoms with Gasteiger partial charge in [-0.25, -0.2) is 0 Å². The van der Waals surface area contributed by atoms with Gasteiger partial charge in [0.15, 0.2) is 0 Å². The number of nitrogens with one attached hydrogen (secondary N) is 1. The third-order valence-electron chi connectivity index (χ3n) is 2.12. The molecule has 0 saturated heterocycles. The van der Waals surface area contributed by atoms with Gasteiger partial charge >= 0.3 is 0 Å². The van der Waals surface area contributed by atoms with Gasteiger partial charge in [-0.3, -0.25) is 0 Å². The Morgan fingerprint density at radius 3 is 2.60 bits per heavy atom. The third kappa shape index (κ3) is 4.84. The minimum absolute atomic E-state index is 0.332. The van der Waals surface area contributed by atoms with E-state index in [1.165, 1.54) is 5.56 Å². The summed E-state index contributed by atoms with van der Waals surface area (Å²) in [5.41, 5.74) is 1.59. The average Bonchev–Trinajstić information content (AvgIpc) is 2.16. The summed E-state index contributed by atoms with van der Waals surface area (Å²) < 4.78 is 5.17. The van der Waals surface area contributed by atoms with Crippen molar-refractivity contribution in [3.8, 4) is 5.75 Å². The number of ether oxygens (including phenoxy) is 1. The second-order valence-corrected chi connectivity index (χ2v) is 5.02. The van der Waals surface area contributed by atoms with Crippen molar-refractivity contribution in [2.75, 3.05) is 13.7 Å². The fraction of sp³-hybridized carbons (Fsp3) is 0.538. The van der Waals surface area contributed by atoms with Crippen LogP contribution in [0.25, 0.3) is 0 Å². The van der Waals surface area contributed by atoms with Crippen molar-refractivity contribution in [1.82, 2.24) is 5.32 Å². The Bertz CT molecular complexity index is 302. The average molecular weight is 207 g/mol. The molecule has 0 saturated carbocycles. The number of benzene rings is 1. The molecule has 0 aliphatic heterocycles. The van der Waals surface area contributed by atoms with Gasteiger partial charge in [0.05, 0.1) is 7.11 Å². The van der Waals surface area contributed by atoms with Crippen molar-refractivity contribution in [2.24, 2.45) is 5.41 Å². The molecule has 0 spiro atoms. The Labute approximate surface area is 92.6 Å². The molecule has 0 aliphatic rings. The highest BCUT2D eigenvalue weighted by Gasteiger charge is 2.08. The molecule has 0 heterocycles. The Kier molecular flexibility index (Phi) is 4.15. The van der Waals surface area contributed by atoms with Crippen LogP contribution in [-0.4, -0.2) is 13.7 Å². The van der Waals surface area contributed by atoms with Crippen LogP contribution in [0.2, 0.25) is 0 Å². The van der Waals surface area contributed by atoms with Crippen LogP contribution in [-0.2, 0) is 6.54 Å². The van der Waals surface area contributed by atoms with E-state index in [0.29, 0.717) is 5.41 Å². The Morgan fingerprint density at radius 2 is 2.00 bits per heavy atom. The largest absolute Gasteiger partial charge is 0.497 e. The fourth-order valence-electron chi connectivity index (χ4n) is 1.36. The van der Waals surface area contributed by atoms with E-state index in [-0.39, 0.29) is 0 Å². The fourth-order valence-corrected chi connectivity index (χ4v) is 1.36. The van der Waals surface area contributed by atoms with Crippen LogP contribution in [0.1, 0.15) is 26.3 Å². The molecular formula is C13H21NO. The van der Waals surface area contributed by atoms with Gasteiger partial charge in [-0.15, -0.1) is 0 Å². The number of methoxy groups -OCH3 is 1. The van der Waals surface area contributed by atoms with E-state index in [9.17, 15) is 0 Å². The second kappa shape index (κ2) is 5.17. The summed E-state index contributed by atoms with van der Waals surface area (Å²) in [4.78, 5) is 0. The van der Waals surface area contributed by atoms with Crippen molar-refractivity contribution in [2.45, 2.75) is 27.3 Å². The van der Waals surface area contributed by atoms with Crippen LogP contribution >= 0.6 is 0 Å². The monoisotopic (exact) mass is 207 g/mol. The molecule has 0 radical (unpaired) electrons. The summed E-state index contributed by atoms with van der Waals surface area (Å²) in [7, 11) is 1.70. The molecule has 15 heavy (non-hydrogen) atoms. The molecule has 2 heteroatoms. The lowest BCUT2D eigenvalue weighted by Gasteiger charge is -2.18. The van der Waals surface area contributed by atoms with Gasteiger partial charge in [-0.2, -0.15) is 0 Å². The van der Waals surface area contributed by atoms with E-state index in [1.807, 2.05) is 12.1 Å². The molecule has 0 bridgehead atoms. The first-order chi connectivity index (χ1) is 7.01. The molecule has 0 aromatic heterocycles. The molecule has 1 N–H and O–H groups in total. The highest BCUT2D eigenvalue weighted by atomic mass is 16.5. The topological polar surface area (TPSA) is 21.3 Å². The van der Waals surface area contributed by atoms with Gasteiger partial charge in [0.2, 0.25) is 0 Å². The van der Waals surface area contributed by atoms with Crippen molar-refractivity contribution in [3.63, 3.8) is 0 Å². The first-order valence-electron chi connectivity index (χ1n) is 5.35. The summed E-state index contributed by atoms with van der Waals surface area (Å²) in [6, 6.07) is 8.16. The molecule has 2 nitrogen and oxygen atoms in total. The summed E-state index contributed by atoms with van der Waals surface area (Å²) in [6.45, 7) is 8.60. The predicted molar refractivity (Wildman–Crippen MR) is 64.2 cm³/mol. The molecule has 1 aromatic carbocycles. The number of rotatable bonds is 4. The van der Waals surface area contributed by atoms with E-state index < -0.39 is 0 Å². The summed E-state index contributed by atoms with van der Waals surface area (Å²) in [5, 5.41) is 3.44. The van der Waals surface area contributed by atoms with Crippen LogP contribution in [0, 0.1) is 5.41 Å². The van der Waals surface area contributed by atoms with E-state index in [2.05, 4.69) is 38.2 Å². The van der Waals surface area contributed by atoms with Crippen molar-refractivity contribution < 1.29 is 4.74 Å². The molecule has 1 rings (SSSR count). The quantitative estimate of drug-likeness (QED) is 0.819. The van der Waals surface area contributed by atoms with E-state index in [0.717, 1.165) is 18.8 Å². The SMILES string of the molecule is COc1cccc(CNCC(C)(C)C)c1. The maximum atomic E-state index is 5.17. The standard InChI is InChI=1S/C13H21NO/c1-13(2,3)10-14-9-11-6-5-7-12(8-11)15-4/h5-8,14H,9-10H2,1-4H3. The van der Waals surface area contributed by atoms with E-state index >= 15 is 0 Å². The van der Waals surface area contributed by atoms with Gasteiger partial charge in [-0.1, -0.05) is 32.9 Å². The lowest BCUT2D eigenvalue weighted by molar-refractivity contribution is 0.378. The summed E-state index contributed by atoms with van der Waals surface area (Å²) in [5.74, 6) is 0.921. The Hall–Kier alpha value is -1.02. The molecule has 84 valence electrons. The predicted octanol–water partition coefficient (Wildman–Crippen LogP) is 2.83. The lowest BCUT2D eigenvalue weighted by atomic mass is 9.97. The highest BCUT2D eigenvalue weighted by molar-refractivity contribution is 5.28. The first-order valence-corrected chi connectivity index (χ1v) is 5.35. The molecule has 0 aliphatic carbocycles. The van der Waals surface area contributed by atoms with Crippen LogP contribution in [0.15, 0.2) is 24.3 Å². The minimum Gasteiger partial charge on any atom is -0.497 e. The van der Waals surface area contributed by atoms with Crippen molar-refractivity contribution >= 4 is 0 Å². The Morgan fingerprint density at radius 1 is 1.27 bits per heavy atom. The van der Waals surface area contributed by atoms with Gasteiger partial charge in [0.25, 0.3) is 0 Å². The Balaban J connectivity index is 2.44.